The van der Waals surface area contributed by atoms with Gasteiger partial charge in [-0.3, -0.25) is 0 Å². The van der Waals surface area contributed by atoms with Gasteiger partial charge in [-0.05, 0) is 33.6 Å². The number of rotatable bonds is 5. The average molecular weight is 381 g/mol. The highest BCUT2D eigenvalue weighted by atomic mass is 79.9. The zero-order valence-electron chi connectivity index (χ0n) is 10.1. The van der Waals surface area contributed by atoms with E-state index < -0.39 is 10.0 Å². The van der Waals surface area contributed by atoms with E-state index in [0.717, 1.165) is 5.56 Å². The van der Waals surface area contributed by atoms with E-state index in [9.17, 15) is 8.42 Å². The van der Waals surface area contributed by atoms with E-state index >= 15 is 0 Å². The Morgan fingerprint density at radius 2 is 1.95 bits per heavy atom. The van der Waals surface area contributed by atoms with Gasteiger partial charge >= 0.3 is 0 Å². The zero-order chi connectivity index (χ0) is 14.8. The maximum atomic E-state index is 12.1. The minimum atomic E-state index is -3.72. The number of nitrogens with one attached hydrogen (secondary N) is 1. The molecule has 0 aliphatic carbocycles. The van der Waals surface area contributed by atoms with Gasteiger partial charge in [0.2, 0.25) is 10.0 Å². The second-order valence-corrected chi connectivity index (χ2v) is 6.85. The first kappa shape index (κ1) is 15.5. The van der Waals surface area contributed by atoms with E-state index in [4.69, 9.17) is 21.1 Å². The summed E-state index contributed by atoms with van der Waals surface area (Å²) in [7, 11) is -3.72. The molecule has 1 aromatic carbocycles. The maximum Gasteiger partial charge on any atom is 0.245 e. The molecule has 8 heteroatoms. The Balaban J connectivity index is 2.14. The van der Waals surface area contributed by atoms with Crippen LogP contribution in [0.1, 0.15) is 11.3 Å². The van der Waals surface area contributed by atoms with Gasteiger partial charge in [-0.25, -0.2) is 13.1 Å². The fourth-order valence-corrected chi connectivity index (χ4v) is 3.66. The van der Waals surface area contributed by atoms with Crippen molar-refractivity contribution in [1.82, 2.24) is 4.72 Å². The van der Waals surface area contributed by atoms with Crippen LogP contribution in [0.2, 0.25) is 5.02 Å². The number of sulfonamides is 1. The molecule has 1 aromatic heterocycles. The molecule has 0 unspecified atom stereocenters. The van der Waals surface area contributed by atoms with Gasteiger partial charge in [0, 0.05) is 17.6 Å². The van der Waals surface area contributed by atoms with E-state index in [-0.39, 0.29) is 28.5 Å². The summed E-state index contributed by atoms with van der Waals surface area (Å²) in [6.45, 7) is -0.239. The molecule has 108 valence electrons. The van der Waals surface area contributed by atoms with Crippen LogP contribution >= 0.6 is 27.5 Å². The molecule has 0 spiro atoms. The lowest BCUT2D eigenvalue weighted by Gasteiger charge is -2.05. The molecule has 0 saturated carbocycles. The third-order valence-electron chi connectivity index (χ3n) is 2.53. The van der Waals surface area contributed by atoms with Crippen molar-refractivity contribution in [3.05, 3.63) is 51.3 Å². The molecule has 20 heavy (non-hydrogen) atoms. The van der Waals surface area contributed by atoms with Gasteiger partial charge in [0.15, 0.2) is 4.67 Å². The van der Waals surface area contributed by atoms with Crippen LogP contribution in [0, 0.1) is 0 Å². The van der Waals surface area contributed by atoms with Crippen LogP contribution < -0.4 is 4.72 Å². The highest BCUT2D eigenvalue weighted by Gasteiger charge is 2.22. The minimum absolute atomic E-state index is 0.0458. The number of hydrogen-bond acceptors (Lipinski definition) is 4. The summed E-state index contributed by atoms with van der Waals surface area (Å²) in [5.41, 5.74) is 0.778. The molecule has 0 fully saturated rings. The number of hydrogen-bond donors (Lipinski definition) is 2. The molecule has 0 bridgehead atoms. The van der Waals surface area contributed by atoms with Crippen molar-refractivity contribution in [2.45, 2.75) is 18.0 Å². The Hall–Kier alpha value is -0.860. The van der Waals surface area contributed by atoms with Gasteiger partial charge in [-0.2, -0.15) is 0 Å². The van der Waals surface area contributed by atoms with Gasteiger partial charge in [0.05, 0.1) is 0 Å². The largest absolute Gasteiger partial charge is 0.450 e. The van der Waals surface area contributed by atoms with Crippen LogP contribution in [0.4, 0.5) is 0 Å². The highest BCUT2D eigenvalue weighted by Crippen LogP contribution is 2.26. The van der Waals surface area contributed by atoms with Crippen molar-refractivity contribution in [2.24, 2.45) is 0 Å². The number of aliphatic hydroxyl groups excluding tert-OH is 1. The topological polar surface area (TPSA) is 79.5 Å². The Morgan fingerprint density at radius 1 is 1.30 bits per heavy atom. The fourth-order valence-electron chi connectivity index (χ4n) is 1.52. The first-order chi connectivity index (χ1) is 9.42. The molecule has 2 aromatic rings. The van der Waals surface area contributed by atoms with Crippen LogP contribution in [-0.4, -0.2) is 13.5 Å². The second-order valence-electron chi connectivity index (χ2n) is 3.96. The molecule has 0 aliphatic heterocycles. The predicted molar refractivity (Wildman–Crippen MR) is 77.8 cm³/mol. The highest BCUT2D eigenvalue weighted by molar-refractivity contribution is 9.10. The summed E-state index contributed by atoms with van der Waals surface area (Å²) in [4.78, 5) is -0.0458. The van der Waals surface area contributed by atoms with Crippen LogP contribution in [0.3, 0.4) is 0 Å². The number of aliphatic hydroxyl groups is 1. The Morgan fingerprint density at radius 3 is 2.50 bits per heavy atom. The maximum absolute atomic E-state index is 12.1. The Bertz CT molecular complexity index is 697. The molecule has 2 N–H and O–H groups in total. The van der Waals surface area contributed by atoms with Crippen LogP contribution in [0.5, 0.6) is 0 Å². The van der Waals surface area contributed by atoms with Crippen LogP contribution in [-0.2, 0) is 23.2 Å². The van der Waals surface area contributed by atoms with Gasteiger partial charge in [-0.15, -0.1) is 0 Å². The van der Waals surface area contributed by atoms with E-state index in [1.165, 1.54) is 6.07 Å². The van der Waals surface area contributed by atoms with Gasteiger partial charge < -0.3 is 9.52 Å². The Kier molecular flexibility index (Phi) is 4.87. The Labute approximate surface area is 129 Å². The summed E-state index contributed by atoms with van der Waals surface area (Å²) in [6.07, 6.45) is 0. The van der Waals surface area contributed by atoms with Gasteiger partial charge in [0.25, 0.3) is 0 Å². The lowest BCUT2D eigenvalue weighted by atomic mass is 10.2. The molecule has 0 atom stereocenters. The van der Waals surface area contributed by atoms with E-state index in [0.29, 0.717) is 5.02 Å². The van der Waals surface area contributed by atoms with Crippen LogP contribution in [0.15, 0.2) is 44.3 Å². The fraction of sp³-hybridized carbons (Fsp3) is 0.167. The standard InChI is InChI=1S/C12H11BrClNO4S/c13-12-11(5-10(7-16)19-12)20(17,18)15-6-8-1-3-9(14)4-2-8/h1-5,15-16H,6-7H2. The van der Waals surface area contributed by atoms with Crippen molar-refractivity contribution in [3.63, 3.8) is 0 Å². The number of halogens is 2. The summed E-state index contributed by atoms with van der Waals surface area (Å²) in [6, 6.07) is 8.10. The average Bonchev–Trinajstić information content (AvgIpc) is 2.80. The van der Waals surface area contributed by atoms with Crippen molar-refractivity contribution >= 4 is 37.6 Å². The quantitative estimate of drug-likeness (QED) is 0.836. The van der Waals surface area contributed by atoms with Crippen molar-refractivity contribution in [2.75, 3.05) is 0 Å². The first-order valence-electron chi connectivity index (χ1n) is 5.55. The first-order valence-corrected chi connectivity index (χ1v) is 8.21. The van der Waals surface area contributed by atoms with Crippen LogP contribution in [0.25, 0.3) is 0 Å². The summed E-state index contributed by atoms with van der Waals surface area (Å²) in [5, 5.41) is 9.52. The molecular weight excluding hydrogens is 370 g/mol. The number of benzene rings is 1. The lowest BCUT2D eigenvalue weighted by molar-refractivity contribution is 0.245. The van der Waals surface area contributed by atoms with E-state index in [2.05, 4.69) is 20.7 Å². The molecule has 0 saturated heterocycles. The predicted octanol–water partition coefficient (Wildman–Crippen LogP) is 2.67. The third-order valence-corrected chi connectivity index (χ3v) is 5.04. The number of furan rings is 1. The van der Waals surface area contributed by atoms with Crippen molar-refractivity contribution in [1.29, 1.82) is 0 Å². The molecule has 5 nitrogen and oxygen atoms in total. The van der Waals surface area contributed by atoms with Crippen molar-refractivity contribution < 1.29 is 17.9 Å². The van der Waals surface area contributed by atoms with E-state index in [1.807, 2.05) is 0 Å². The van der Waals surface area contributed by atoms with Gasteiger partial charge in [-0.1, -0.05) is 23.7 Å². The minimum Gasteiger partial charge on any atom is -0.450 e. The lowest BCUT2D eigenvalue weighted by Crippen LogP contribution is -2.23. The normalized spacial score (nSPS) is 11.8. The molecule has 0 aliphatic rings. The SMILES string of the molecule is O=S(=O)(NCc1ccc(Cl)cc1)c1cc(CO)oc1Br. The zero-order valence-corrected chi connectivity index (χ0v) is 13.3. The van der Waals surface area contributed by atoms with Gasteiger partial charge in [0.1, 0.15) is 17.3 Å². The smallest absolute Gasteiger partial charge is 0.245 e. The molecule has 0 radical (unpaired) electrons. The second kappa shape index (κ2) is 6.28. The molecule has 0 amide bonds. The summed E-state index contributed by atoms with van der Waals surface area (Å²) >= 11 is 8.77. The molecular formula is C12H11BrClNO4S. The third kappa shape index (κ3) is 3.62. The van der Waals surface area contributed by atoms with E-state index in [1.54, 1.807) is 24.3 Å². The summed E-state index contributed by atoms with van der Waals surface area (Å²) < 4.78 is 31.8. The summed E-state index contributed by atoms with van der Waals surface area (Å²) in [5.74, 6) is 0.170. The monoisotopic (exact) mass is 379 g/mol. The van der Waals surface area contributed by atoms with Crippen molar-refractivity contribution in [3.8, 4) is 0 Å². The molecule has 2 rings (SSSR count). The molecule has 1 heterocycles.